The molecule has 0 N–H and O–H groups in total. The number of carbonyl (C=O) groups is 3. The van der Waals surface area contributed by atoms with Gasteiger partial charge in [0.25, 0.3) is 11.2 Å². The van der Waals surface area contributed by atoms with Crippen LogP contribution in [0.15, 0.2) is 84.5 Å². The first-order valence-electron chi connectivity index (χ1n) is 15.1. The maximum Gasteiger partial charge on any atom is 0.432 e. The van der Waals surface area contributed by atoms with Crippen molar-refractivity contribution < 1.29 is 64.4 Å². The molecule has 15 heteroatoms. The fourth-order valence-electron chi connectivity index (χ4n) is 5.97. The molecule has 2 aromatic rings. The van der Waals surface area contributed by atoms with Gasteiger partial charge in [-0.2, -0.15) is 26.3 Å². The summed E-state index contributed by atoms with van der Waals surface area (Å²) in [5.74, 6) is -3.33. The molecule has 0 radical (unpaired) electrons. The number of halogens is 6. The molecule has 0 bridgehead atoms. The summed E-state index contributed by atoms with van der Waals surface area (Å²) in [5, 5.41) is 0. The third-order valence-electron chi connectivity index (χ3n) is 8.39. The topological polar surface area (TPSA) is 101 Å². The van der Waals surface area contributed by atoms with Crippen LogP contribution in [0.4, 0.5) is 31.1 Å². The Kier molecular flexibility index (Phi) is 11.2. The van der Waals surface area contributed by atoms with Crippen LogP contribution >= 0.6 is 0 Å². The Hall–Kier alpha value is -4.37. The van der Waals surface area contributed by atoms with Crippen LogP contribution in [0.1, 0.15) is 37.8 Å². The molecule has 4 rings (SSSR count). The number of amides is 1. The van der Waals surface area contributed by atoms with E-state index in [4.69, 9.17) is 23.7 Å². The average molecular weight is 700 g/mol. The van der Waals surface area contributed by atoms with Crippen molar-refractivity contribution in [3.63, 3.8) is 0 Å². The van der Waals surface area contributed by atoms with Gasteiger partial charge in [0.1, 0.15) is 12.2 Å². The predicted octanol–water partition coefficient (Wildman–Crippen LogP) is 6.52. The Labute approximate surface area is 278 Å². The van der Waals surface area contributed by atoms with E-state index in [0.29, 0.717) is 5.57 Å². The summed E-state index contributed by atoms with van der Waals surface area (Å²) < 4.78 is 111. The summed E-state index contributed by atoms with van der Waals surface area (Å²) in [6, 6.07) is 12.1. The summed E-state index contributed by atoms with van der Waals surface area (Å²) in [6.07, 6.45) is -9.22. The molecule has 9 nitrogen and oxygen atoms in total. The van der Waals surface area contributed by atoms with E-state index in [1.807, 2.05) is 0 Å². The Bertz CT molecular complexity index is 1550. The van der Waals surface area contributed by atoms with Gasteiger partial charge in [-0.1, -0.05) is 66.7 Å². The van der Waals surface area contributed by atoms with Crippen LogP contribution < -0.4 is 0 Å². The molecule has 0 unspecified atom stereocenters. The van der Waals surface area contributed by atoms with E-state index in [-0.39, 0.29) is 19.4 Å². The third kappa shape index (κ3) is 7.18. The molecule has 2 aliphatic heterocycles. The summed E-state index contributed by atoms with van der Waals surface area (Å²) in [5.41, 5.74) is -7.17. The van der Waals surface area contributed by atoms with E-state index in [2.05, 4.69) is 0 Å². The predicted molar refractivity (Wildman–Crippen MR) is 161 cm³/mol. The highest BCUT2D eigenvalue weighted by atomic mass is 19.4. The second kappa shape index (κ2) is 14.6. The number of cyclic esters (lactones) is 1. The Balaban J connectivity index is 1.40. The van der Waals surface area contributed by atoms with Gasteiger partial charge in [0.2, 0.25) is 0 Å². The molecule has 266 valence electrons. The zero-order valence-electron chi connectivity index (χ0n) is 26.9. The number of hydrogen-bond donors (Lipinski definition) is 0. The lowest BCUT2D eigenvalue weighted by Gasteiger charge is -2.36. The number of ether oxygens (including phenoxy) is 5. The Morgan fingerprint density at radius 3 is 1.90 bits per heavy atom. The SMILES string of the molecule is CO[C@](C(=O)O[C@H](C)CC/C=C/[C@@H]1OC(=O)N2C[C@H](OC(=O)[C@@](OC)(c3ccccc3)C(F)(F)F)C=C(C)[C@@H]12)(c1ccccc1)C(F)(F)F. The number of esters is 2. The van der Waals surface area contributed by atoms with Crippen LogP contribution in [-0.4, -0.2) is 80.4 Å². The van der Waals surface area contributed by atoms with Crippen molar-refractivity contribution in [2.45, 2.75) is 74.6 Å². The number of benzene rings is 2. The summed E-state index contributed by atoms with van der Waals surface area (Å²) >= 11 is 0. The van der Waals surface area contributed by atoms with Gasteiger partial charge >= 0.3 is 30.4 Å². The van der Waals surface area contributed by atoms with Crippen molar-refractivity contribution in [1.29, 1.82) is 0 Å². The van der Waals surface area contributed by atoms with Crippen LogP contribution in [0.25, 0.3) is 0 Å². The van der Waals surface area contributed by atoms with Gasteiger partial charge in [-0.15, -0.1) is 0 Å². The van der Waals surface area contributed by atoms with Gasteiger partial charge in [0.05, 0.1) is 18.7 Å². The molecular formula is C34H35F6NO8. The molecule has 0 aromatic heterocycles. The lowest BCUT2D eigenvalue weighted by molar-refractivity contribution is -0.278. The number of fused-ring (bicyclic) bond motifs is 1. The number of alkyl halides is 6. The highest BCUT2D eigenvalue weighted by Gasteiger charge is 2.65. The minimum atomic E-state index is -5.18. The first-order valence-corrected chi connectivity index (χ1v) is 15.1. The molecular weight excluding hydrogens is 664 g/mol. The molecule has 6 atom stereocenters. The molecule has 49 heavy (non-hydrogen) atoms. The van der Waals surface area contributed by atoms with Crippen LogP contribution in [0, 0.1) is 0 Å². The van der Waals surface area contributed by atoms with Crippen molar-refractivity contribution in [3.8, 4) is 0 Å². The average Bonchev–Trinajstić information content (AvgIpc) is 3.35. The van der Waals surface area contributed by atoms with E-state index >= 15 is 0 Å². The highest BCUT2D eigenvalue weighted by molar-refractivity contribution is 5.83. The van der Waals surface area contributed by atoms with Crippen molar-refractivity contribution in [3.05, 3.63) is 95.6 Å². The fourth-order valence-corrected chi connectivity index (χ4v) is 5.97. The van der Waals surface area contributed by atoms with Gasteiger partial charge < -0.3 is 23.7 Å². The molecule has 2 aliphatic rings. The largest absolute Gasteiger partial charge is 0.460 e. The molecule has 2 heterocycles. The molecule has 1 saturated heterocycles. The van der Waals surface area contributed by atoms with E-state index in [0.717, 1.165) is 38.5 Å². The number of rotatable bonds is 12. The van der Waals surface area contributed by atoms with Gasteiger partial charge in [-0.3, -0.25) is 4.90 Å². The van der Waals surface area contributed by atoms with E-state index in [9.17, 15) is 40.7 Å². The fraction of sp³-hybridized carbons (Fsp3) is 0.441. The summed E-state index contributed by atoms with van der Waals surface area (Å²) in [6.45, 7) is 2.73. The number of allylic oxidation sites excluding steroid dienone is 1. The first-order chi connectivity index (χ1) is 23.0. The van der Waals surface area contributed by atoms with Crippen LogP contribution in [0.3, 0.4) is 0 Å². The quantitative estimate of drug-likeness (QED) is 0.107. The van der Waals surface area contributed by atoms with Crippen molar-refractivity contribution in [2.75, 3.05) is 20.8 Å². The minimum Gasteiger partial charge on any atom is -0.460 e. The zero-order chi connectivity index (χ0) is 36.2. The number of carbonyl (C=O) groups excluding carboxylic acids is 3. The standard InChI is InChI=1S/C34H35F6NO8/c1-21-19-25(48-29(43)32(46-4,34(38,39)40)24-16-9-6-10-17-24)20-41-27(21)26(49-30(41)44)18-12-11-13-22(2)47-28(42)31(45-3,33(35,36)37)23-14-7-5-8-15-23/h5-10,12,14-19,22,25-27H,11,13,20H2,1-4H3/b18-12+/t22-,25-,26+,27+,31+,32+/m1/s1. The van der Waals surface area contributed by atoms with E-state index < -0.39 is 77.1 Å². The van der Waals surface area contributed by atoms with E-state index in [1.165, 1.54) is 54.3 Å². The maximum absolute atomic E-state index is 14.3. The number of methoxy groups -OCH3 is 2. The minimum absolute atomic E-state index is 0.110. The van der Waals surface area contributed by atoms with Gasteiger partial charge in [-0.05, 0) is 44.4 Å². The lowest BCUT2D eigenvalue weighted by Crippen LogP contribution is -2.54. The second-order valence-corrected chi connectivity index (χ2v) is 11.5. The Morgan fingerprint density at radius 2 is 1.41 bits per heavy atom. The van der Waals surface area contributed by atoms with Gasteiger partial charge in [-0.25, -0.2) is 14.4 Å². The molecule has 0 aliphatic carbocycles. The first kappa shape index (κ1) is 37.4. The maximum atomic E-state index is 14.3. The van der Waals surface area contributed by atoms with Crippen molar-refractivity contribution >= 4 is 18.0 Å². The Morgan fingerprint density at radius 1 is 0.898 bits per heavy atom. The number of nitrogens with zero attached hydrogens (tertiary/aromatic N) is 1. The molecule has 1 amide bonds. The molecule has 0 saturated carbocycles. The summed E-state index contributed by atoms with van der Waals surface area (Å²) in [4.78, 5) is 39.9. The second-order valence-electron chi connectivity index (χ2n) is 11.5. The normalized spacial score (nSPS) is 22.7. The smallest absolute Gasteiger partial charge is 0.432 e. The highest BCUT2D eigenvalue weighted by Crippen LogP contribution is 2.45. The third-order valence-corrected chi connectivity index (χ3v) is 8.39. The van der Waals surface area contributed by atoms with Crippen LogP contribution in [-0.2, 0) is 44.5 Å². The van der Waals surface area contributed by atoms with Crippen molar-refractivity contribution in [1.82, 2.24) is 4.90 Å². The van der Waals surface area contributed by atoms with Gasteiger partial charge in [0, 0.05) is 25.3 Å². The van der Waals surface area contributed by atoms with Crippen LogP contribution in [0.5, 0.6) is 0 Å². The van der Waals surface area contributed by atoms with Crippen LogP contribution in [0.2, 0.25) is 0 Å². The molecule has 0 spiro atoms. The zero-order valence-corrected chi connectivity index (χ0v) is 26.9. The lowest BCUT2D eigenvalue weighted by atomic mass is 9.92. The summed E-state index contributed by atoms with van der Waals surface area (Å²) in [7, 11) is 1.52. The van der Waals surface area contributed by atoms with Gasteiger partial charge in [0.15, 0.2) is 0 Å². The van der Waals surface area contributed by atoms with E-state index in [1.54, 1.807) is 19.1 Å². The number of hydrogen-bond acceptors (Lipinski definition) is 8. The van der Waals surface area contributed by atoms with Crippen molar-refractivity contribution in [2.24, 2.45) is 0 Å². The monoisotopic (exact) mass is 699 g/mol. The molecule has 1 fully saturated rings. The molecule has 2 aromatic carbocycles.